The number of nitrogens with zero attached hydrogens (tertiary/aromatic N) is 2. The summed E-state index contributed by atoms with van der Waals surface area (Å²) in [5, 5.41) is 2.86. The van der Waals surface area contributed by atoms with Gasteiger partial charge in [-0.15, -0.1) is 0 Å². The van der Waals surface area contributed by atoms with Crippen molar-refractivity contribution in [3.63, 3.8) is 0 Å². The highest BCUT2D eigenvalue weighted by atomic mass is 19.1. The van der Waals surface area contributed by atoms with Crippen LogP contribution in [0, 0.1) is 5.92 Å². The molecule has 1 atom stereocenters. The van der Waals surface area contributed by atoms with E-state index in [1.54, 1.807) is 14.1 Å². The summed E-state index contributed by atoms with van der Waals surface area (Å²) in [5.74, 6) is 1.47. The van der Waals surface area contributed by atoms with E-state index in [-0.39, 0.29) is 6.03 Å². The third-order valence-electron chi connectivity index (χ3n) is 5.73. The molecule has 0 bridgehead atoms. The molecule has 30 heavy (non-hydrogen) atoms. The zero-order valence-electron chi connectivity index (χ0n) is 17.7. The molecule has 1 aliphatic heterocycles. The van der Waals surface area contributed by atoms with Gasteiger partial charge in [0.15, 0.2) is 0 Å². The summed E-state index contributed by atoms with van der Waals surface area (Å²) in [4.78, 5) is 15.3. The number of hydrogen-bond acceptors (Lipinski definition) is 3. The Balaban J connectivity index is 1.33. The summed E-state index contributed by atoms with van der Waals surface area (Å²) >= 11 is 0. The van der Waals surface area contributed by atoms with E-state index in [1.165, 1.54) is 17.7 Å². The molecule has 1 aliphatic carbocycles. The topological polar surface area (TPSA) is 44.8 Å². The maximum Gasteiger partial charge on any atom is 0.317 e. The molecule has 0 saturated heterocycles. The molecular weight excluding hydrogens is 381 g/mol. The fourth-order valence-corrected chi connectivity index (χ4v) is 3.70. The van der Waals surface area contributed by atoms with Gasteiger partial charge in [-0.25, -0.2) is 9.18 Å². The van der Waals surface area contributed by atoms with Crippen LogP contribution in [0.4, 0.5) is 9.18 Å². The summed E-state index contributed by atoms with van der Waals surface area (Å²) in [6.45, 7) is 3.06. The number of rotatable bonds is 7. The highest BCUT2D eigenvalue weighted by molar-refractivity contribution is 5.73. The molecule has 2 aromatic rings. The lowest BCUT2D eigenvalue weighted by Crippen LogP contribution is -2.34. The second-order valence-corrected chi connectivity index (χ2v) is 8.62. The van der Waals surface area contributed by atoms with Crippen LogP contribution in [-0.2, 0) is 19.6 Å². The number of halogens is 1. The summed E-state index contributed by atoms with van der Waals surface area (Å²) in [7, 11) is 3.44. The van der Waals surface area contributed by atoms with E-state index in [1.807, 2.05) is 30.3 Å². The molecule has 160 valence electrons. The molecule has 6 heteroatoms. The molecule has 1 saturated carbocycles. The number of carbonyl (C=O) groups excluding carboxylic acids is 1. The fourth-order valence-electron chi connectivity index (χ4n) is 3.70. The van der Waals surface area contributed by atoms with Crippen molar-refractivity contribution >= 4 is 6.03 Å². The number of amides is 2. The van der Waals surface area contributed by atoms with Crippen molar-refractivity contribution in [3.05, 3.63) is 64.7 Å². The Bertz CT molecular complexity index is 881. The van der Waals surface area contributed by atoms with Crippen molar-refractivity contribution in [1.29, 1.82) is 0 Å². The first-order valence-corrected chi connectivity index (χ1v) is 10.6. The van der Waals surface area contributed by atoms with E-state index < -0.39 is 6.17 Å². The highest BCUT2D eigenvalue weighted by Gasteiger charge is 2.26. The van der Waals surface area contributed by atoms with E-state index in [2.05, 4.69) is 22.3 Å². The van der Waals surface area contributed by atoms with Crippen molar-refractivity contribution in [1.82, 2.24) is 15.1 Å². The van der Waals surface area contributed by atoms with Crippen LogP contribution in [0.5, 0.6) is 5.75 Å². The van der Waals surface area contributed by atoms with Gasteiger partial charge in [0.2, 0.25) is 0 Å². The molecule has 0 spiro atoms. The fraction of sp³-hybridized carbons (Fsp3) is 0.458. The number of alkyl halides is 1. The average molecular weight is 412 g/mol. The molecule has 2 amide bonds. The maximum atomic E-state index is 14.9. The Hall–Kier alpha value is -2.60. The standard InChI is InChI=1S/C24H30FN3O2/c1-27(2)24(29)26-12-17-3-5-18(6-4-17)13-28-14-20-9-10-21(30-16-19-7-8-19)11-22(20)23(25)15-28/h3-6,9-11,19,23H,7-8,12-16H2,1-2H3,(H,26,29). The molecular formula is C24H30FN3O2. The lowest BCUT2D eigenvalue weighted by Gasteiger charge is -2.31. The van der Waals surface area contributed by atoms with E-state index >= 15 is 0 Å². The number of fused-ring (bicyclic) bond motifs is 1. The quantitative estimate of drug-likeness (QED) is 0.740. The predicted octanol–water partition coefficient (Wildman–Crippen LogP) is 4.27. The van der Waals surface area contributed by atoms with Gasteiger partial charge in [0, 0.05) is 40.3 Å². The van der Waals surface area contributed by atoms with Gasteiger partial charge in [-0.05, 0) is 53.1 Å². The molecule has 0 aromatic heterocycles. The van der Waals surface area contributed by atoms with E-state index in [0.29, 0.717) is 25.6 Å². The van der Waals surface area contributed by atoms with Gasteiger partial charge < -0.3 is 15.0 Å². The van der Waals surface area contributed by atoms with Crippen LogP contribution in [0.25, 0.3) is 0 Å². The van der Waals surface area contributed by atoms with Crippen molar-refractivity contribution in [2.24, 2.45) is 5.92 Å². The molecule has 2 aromatic carbocycles. The van der Waals surface area contributed by atoms with Crippen LogP contribution in [0.1, 0.15) is 41.3 Å². The van der Waals surface area contributed by atoms with Gasteiger partial charge in [-0.1, -0.05) is 30.3 Å². The zero-order valence-corrected chi connectivity index (χ0v) is 17.7. The number of ether oxygens (including phenoxy) is 1. The Morgan fingerprint density at radius 2 is 1.90 bits per heavy atom. The van der Waals surface area contributed by atoms with Crippen LogP contribution in [-0.4, -0.2) is 43.1 Å². The zero-order chi connectivity index (χ0) is 21.1. The summed E-state index contributed by atoms with van der Waals surface area (Å²) in [5.41, 5.74) is 3.99. The Kier molecular flexibility index (Phi) is 6.23. The summed E-state index contributed by atoms with van der Waals surface area (Å²) < 4.78 is 20.7. The molecule has 5 nitrogen and oxygen atoms in total. The number of benzene rings is 2. The van der Waals surface area contributed by atoms with Gasteiger partial charge in [-0.2, -0.15) is 0 Å². The SMILES string of the molecule is CN(C)C(=O)NCc1ccc(CN2Cc3ccc(OCC4CC4)cc3C(F)C2)cc1. The first-order valence-electron chi connectivity index (χ1n) is 10.6. The minimum atomic E-state index is -1.00. The Morgan fingerprint density at radius 3 is 2.60 bits per heavy atom. The van der Waals surface area contributed by atoms with Crippen LogP contribution >= 0.6 is 0 Å². The van der Waals surface area contributed by atoms with E-state index in [9.17, 15) is 9.18 Å². The molecule has 1 heterocycles. The lowest BCUT2D eigenvalue weighted by molar-refractivity contribution is 0.158. The van der Waals surface area contributed by atoms with Crippen LogP contribution in [0.3, 0.4) is 0 Å². The molecule has 1 N–H and O–H groups in total. The predicted molar refractivity (Wildman–Crippen MR) is 115 cm³/mol. The summed E-state index contributed by atoms with van der Waals surface area (Å²) in [6, 6.07) is 13.9. The first kappa shape index (κ1) is 20.7. The number of hydrogen-bond donors (Lipinski definition) is 1. The monoisotopic (exact) mass is 411 g/mol. The Morgan fingerprint density at radius 1 is 1.17 bits per heavy atom. The second-order valence-electron chi connectivity index (χ2n) is 8.62. The largest absolute Gasteiger partial charge is 0.493 e. The minimum Gasteiger partial charge on any atom is -0.493 e. The number of nitrogens with one attached hydrogen (secondary N) is 1. The van der Waals surface area contributed by atoms with Gasteiger partial charge in [0.25, 0.3) is 0 Å². The molecule has 2 aliphatic rings. The van der Waals surface area contributed by atoms with E-state index in [4.69, 9.17) is 4.74 Å². The number of carbonyl (C=O) groups is 1. The van der Waals surface area contributed by atoms with Gasteiger partial charge in [0.1, 0.15) is 11.9 Å². The average Bonchev–Trinajstić information content (AvgIpc) is 3.56. The molecule has 1 fully saturated rings. The van der Waals surface area contributed by atoms with Crippen molar-refractivity contribution in [2.75, 3.05) is 27.2 Å². The highest BCUT2D eigenvalue weighted by Crippen LogP contribution is 2.34. The first-order chi connectivity index (χ1) is 14.5. The summed E-state index contributed by atoms with van der Waals surface area (Å²) in [6.07, 6.45) is 1.49. The molecule has 1 unspecified atom stereocenters. The van der Waals surface area contributed by atoms with E-state index in [0.717, 1.165) is 41.2 Å². The van der Waals surface area contributed by atoms with Gasteiger partial charge in [-0.3, -0.25) is 4.90 Å². The van der Waals surface area contributed by atoms with Crippen molar-refractivity contribution in [2.45, 2.75) is 38.6 Å². The second kappa shape index (κ2) is 9.04. The smallest absolute Gasteiger partial charge is 0.317 e. The van der Waals surface area contributed by atoms with Crippen LogP contribution < -0.4 is 10.1 Å². The molecule has 4 rings (SSSR count). The van der Waals surface area contributed by atoms with Gasteiger partial charge in [0.05, 0.1) is 6.61 Å². The van der Waals surface area contributed by atoms with Gasteiger partial charge >= 0.3 is 6.03 Å². The van der Waals surface area contributed by atoms with Crippen LogP contribution in [0.15, 0.2) is 42.5 Å². The third kappa shape index (κ3) is 5.30. The Labute approximate surface area is 177 Å². The maximum absolute atomic E-state index is 14.9. The van der Waals surface area contributed by atoms with Crippen LogP contribution in [0.2, 0.25) is 0 Å². The van der Waals surface area contributed by atoms with Crippen molar-refractivity contribution < 1.29 is 13.9 Å². The lowest BCUT2D eigenvalue weighted by atomic mass is 9.97. The minimum absolute atomic E-state index is 0.110. The molecule has 0 radical (unpaired) electrons. The van der Waals surface area contributed by atoms with Crippen molar-refractivity contribution in [3.8, 4) is 5.75 Å². The number of urea groups is 1. The third-order valence-corrected chi connectivity index (χ3v) is 5.73. The normalized spacial score (nSPS) is 18.6.